The molecule has 0 radical (unpaired) electrons. The summed E-state index contributed by atoms with van der Waals surface area (Å²) < 4.78 is 34.2. The average molecular weight is 1030 g/mol. The van der Waals surface area contributed by atoms with Crippen LogP contribution in [-0.4, -0.2) is 70.0 Å². The van der Waals surface area contributed by atoms with Crippen molar-refractivity contribution < 1.29 is 42.1 Å². The standard InChI is InChI=1S/C61H120NO8P/c1-6-8-10-12-14-16-18-20-22-24-26-27-28-29-30-31-32-33-34-36-37-39-41-43-45-47-49-51-53-60(63)67-57-59(58-69-71(65,66)68-56-55-62(3,4)5)70-61(64)54-52-50-48-46-44-42-40-38-35-25-23-21-19-17-15-13-11-9-7-2/h21,23,59H,6-20,22,24-58H2,1-5H3/b23-21-. The molecule has 9 nitrogen and oxygen atoms in total. The van der Waals surface area contributed by atoms with E-state index >= 15 is 0 Å². The normalized spacial score (nSPS) is 13.3. The minimum absolute atomic E-state index is 0.0274. The Morgan fingerprint density at radius 2 is 0.718 bits per heavy atom. The number of rotatable bonds is 58. The highest BCUT2D eigenvalue weighted by Crippen LogP contribution is 2.38. The lowest BCUT2D eigenvalue weighted by molar-refractivity contribution is -0.870. The van der Waals surface area contributed by atoms with Gasteiger partial charge in [0.05, 0.1) is 27.7 Å². The minimum atomic E-state index is -4.63. The smallest absolute Gasteiger partial charge is 0.306 e. The Kier molecular flexibility index (Phi) is 52.6. The van der Waals surface area contributed by atoms with Crippen molar-refractivity contribution in [3.63, 3.8) is 0 Å². The third kappa shape index (κ3) is 57.9. The Morgan fingerprint density at radius 3 is 1.04 bits per heavy atom. The van der Waals surface area contributed by atoms with Gasteiger partial charge in [0, 0.05) is 12.8 Å². The van der Waals surface area contributed by atoms with Crippen LogP contribution in [0.1, 0.15) is 316 Å². The third-order valence-electron chi connectivity index (χ3n) is 14.0. The lowest BCUT2D eigenvalue weighted by atomic mass is 10.0. The molecule has 0 spiro atoms. The molecule has 0 aliphatic rings. The predicted octanol–water partition coefficient (Wildman–Crippen LogP) is 18.6. The van der Waals surface area contributed by atoms with E-state index in [0.29, 0.717) is 17.4 Å². The topological polar surface area (TPSA) is 111 Å². The van der Waals surface area contributed by atoms with Gasteiger partial charge in [0.1, 0.15) is 19.8 Å². The van der Waals surface area contributed by atoms with Crippen LogP contribution in [-0.2, 0) is 32.7 Å². The van der Waals surface area contributed by atoms with Gasteiger partial charge in [-0.2, -0.15) is 0 Å². The maximum absolute atomic E-state index is 12.8. The molecule has 0 saturated carbocycles. The van der Waals surface area contributed by atoms with Crippen LogP contribution in [0.5, 0.6) is 0 Å². The number of unbranched alkanes of at least 4 members (excludes halogenated alkanes) is 42. The molecule has 0 N–H and O–H groups in total. The molecule has 10 heteroatoms. The molecule has 0 bridgehead atoms. The first-order valence-corrected chi connectivity index (χ1v) is 32.4. The quantitative estimate of drug-likeness (QED) is 0.0195. The summed E-state index contributed by atoms with van der Waals surface area (Å²) in [6.07, 6.45) is 62.7. The van der Waals surface area contributed by atoms with E-state index in [1.54, 1.807) is 0 Å². The third-order valence-corrected chi connectivity index (χ3v) is 15.0. The molecule has 0 aromatic rings. The molecule has 0 heterocycles. The summed E-state index contributed by atoms with van der Waals surface area (Å²) in [5, 5.41) is 0. The number of phosphoric acid groups is 1. The largest absolute Gasteiger partial charge is 0.756 e. The van der Waals surface area contributed by atoms with E-state index in [2.05, 4.69) is 26.0 Å². The van der Waals surface area contributed by atoms with Crippen molar-refractivity contribution in [2.75, 3.05) is 47.5 Å². The lowest BCUT2D eigenvalue weighted by Crippen LogP contribution is -2.37. The first-order chi connectivity index (χ1) is 34.5. The molecule has 0 saturated heterocycles. The number of hydrogen-bond donors (Lipinski definition) is 0. The van der Waals surface area contributed by atoms with Crippen molar-refractivity contribution in [1.82, 2.24) is 0 Å². The fourth-order valence-corrected chi connectivity index (χ4v) is 9.97. The first kappa shape index (κ1) is 69.8. The number of nitrogens with zero attached hydrogens (tertiary/aromatic N) is 1. The number of hydrogen-bond acceptors (Lipinski definition) is 8. The average Bonchev–Trinajstić information content (AvgIpc) is 3.33. The predicted molar refractivity (Wildman–Crippen MR) is 301 cm³/mol. The molecule has 0 aliphatic heterocycles. The first-order valence-electron chi connectivity index (χ1n) is 30.9. The van der Waals surface area contributed by atoms with Gasteiger partial charge in [-0.1, -0.05) is 276 Å². The molecule has 2 atom stereocenters. The number of quaternary nitrogens is 1. The van der Waals surface area contributed by atoms with Gasteiger partial charge in [-0.15, -0.1) is 0 Å². The number of allylic oxidation sites excluding steroid dienone is 2. The Labute approximate surface area is 441 Å². The highest BCUT2D eigenvalue weighted by Gasteiger charge is 2.22. The zero-order chi connectivity index (χ0) is 52.0. The molecule has 2 unspecified atom stereocenters. The van der Waals surface area contributed by atoms with Crippen molar-refractivity contribution >= 4 is 19.8 Å². The molecular formula is C61H120NO8P. The highest BCUT2D eigenvalue weighted by atomic mass is 31.2. The number of likely N-dealkylation sites (N-methyl/N-ethyl adjacent to an activating group) is 1. The lowest BCUT2D eigenvalue weighted by Gasteiger charge is -2.28. The molecule has 0 aromatic carbocycles. The fourth-order valence-electron chi connectivity index (χ4n) is 9.24. The van der Waals surface area contributed by atoms with Crippen LogP contribution < -0.4 is 4.89 Å². The van der Waals surface area contributed by atoms with Crippen molar-refractivity contribution in [3.8, 4) is 0 Å². The van der Waals surface area contributed by atoms with Crippen LogP contribution in [0, 0.1) is 0 Å². The van der Waals surface area contributed by atoms with E-state index in [0.717, 1.165) is 38.5 Å². The number of esters is 2. The number of carbonyl (C=O) groups is 2. The second-order valence-corrected chi connectivity index (χ2v) is 23.8. The molecule has 71 heavy (non-hydrogen) atoms. The van der Waals surface area contributed by atoms with Gasteiger partial charge in [0.2, 0.25) is 0 Å². The summed E-state index contributed by atoms with van der Waals surface area (Å²) in [4.78, 5) is 37.9. The van der Waals surface area contributed by atoms with Crippen molar-refractivity contribution in [1.29, 1.82) is 0 Å². The van der Waals surface area contributed by atoms with Crippen LogP contribution >= 0.6 is 7.82 Å². The summed E-state index contributed by atoms with van der Waals surface area (Å²) in [5.41, 5.74) is 0. The van der Waals surface area contributed by atoms with Crippen LogP contribution in [0.4, 0.5) is 0 Å². The maximum atomic E-state index is 12.8. The summed E-state index contributed by atoms with van der Waals surface area (Å²) in [5.74, 6) is -0.816. The van der Waals surface area contributed by atoms with E-state index in [4.69, 9.17) is 18.5 Å². The SMILES string of the molecule is CCCCCCCC/C=C\CCCCCCCCCCCC(=O)OC(COC(=O)CCCCCCCCCCCCCCCCCCCCCCCCCCCCCC)COP(=O)([O-])OCC[N+](C)(C)C. The summed E-state index contributed by atoms with van der Waals surface area (Å²) in [6, 6.07) is 0. The van der Waals surface area contributed by atoms with Crippen molar-refractivity contribution in [2.45, 2.75) is 322 Å². The van der Waals surface area contributed by atoms with Crippen LogP contribution in [0.15, 0.2) is 12.2 Å². The maximum Gasteiger partial charge on any atom is 0.306 e. The Hall–Kier alpha value is -1.25. The summed E-state index contributed by atoms with van der Waals surface area (Å²) in [6.45, 7) is 4.30. The molecule has 0 amide bonds. The zero-order valence-electron chi connectivity index (χ0n) is 48.0. The van der Waals surface area contributed by atoms with Gasteiger partial charge in [-0.05, 0) is 38.5 Å². The van der Waals surface area contributed by atoms with Crippen molar-refractivity contribution in [3.05, 3.63) is 12.2 Å². The second kappa shape index (κ2) is 53.6. The van der Waals surface area contributed by atoms with Gasteiger partial charge in [-0.25, -0.2) is 0 Å². The Balaban J connectivity index is 4.04. The van der Waals surface area contributed by atoms with Gasteiger partial charge < -0.3 is 27.9 Å². The van der Waals surface area contributed by atoms with Crippen LogP contribution in [0.25, 0.3) is 0 Å². The fraction of sp³-hybridized carbons (Fsp3) is 0.934. The monoisotopic (exact) mass is 1030 g/mol. The molecular weight excluding hydrogens is 906 g/mol. The number of ether oxygens (including phenoxy) is 2. The highest BCUT2D eigenvalue weighted by molar-refractivity contribution is 7.45. The number of phosphoric ester groups is 1. The van der Waals surface area contributed by atoms with E-state index < -0.39 is 26.5 Å². The van der Waals surface area contributed by atoms with Crippen molar-refractivity contribution in [2.24, 2.45) is 0 Å². The van der Waals surface area contributed by atoms with Gasteiger partial charge in [0.15, 0.2) is 6.10 Å². The molecule has 422 valence electrons. The zero-order valence-corrected chi connectivity index (χ0v) is 48.8. The van der Waals surface area contributed by atoms with Gasteiger partial charge >= 0.3 is 11.9 Å². The van der Waals surface area contributed by atoms with E-state index in [1.807, 2.05) is 21.1 Å². The Morgan fingerprint density at radius 1 is 0.423 bits per heavy atom. The van der Waals surface area contributed by atoms with Gasteiger partial charge in [-0.3, -0.25) is 14.2 Å². The van der Waals surface area contributed by atoms with Gasteiger partial charge in [0.25, 0.3) is 7.82 Å². The summed E-state index contributed by atoms with van der Waals surface area (Å²) >= 11 is 0. The Bertz CT molecular complexity index is 1210. The molecule has 0 aromatic heterocycles. The van der Waals surface area contributed by atoms with Crippen LogP contribution in [0.3, 0.4) is 0 Å². The minimum Gasteiger partial charge on any atom is -0.756 e. The van der Waals surface area contributed by atoms with Crippen LogP contribution in [0.2, 0.25) is 0 Å². The molecule has 0 fully saturated rings. The molecule has 0 aliphatic carbocycles. The second-order valence-electron chi connectivity index (χ2n) is 22.4. The van der Waals surface area contributed by atoms with E-state index in [-0.39, 0.29) is 32.0 Å². The van der Waals surface area contributed by atoms with E-state index in [9.17, 15) is 19.0 Å². The molecule has 0 rings (SSSR count). The summed E-state index contributed by atoms with van der Waals surface area (Å²) in [7, 11) is 1.18. The van der Waals surface area contributed by atoms with E-state index in [1.165, 1.54) is 244 Å². The number of carbonyl (C=O) groups excluding carboxylic acids is 2.